The van der Waals surface area contributed by atoms with E-state index in [-0.39, 0.29) is 17.9 Å². The molecule has 4 heteroatoms. The Bertz CT molecular complexity index is 885. The summed E-state index contributed by atoms with van der Waals surface area (Å²) in [5, 5.41) is 0. The second-order valence-corrected chi connectivity index (χ2v) is 8.61. The quantitative estimate of drug-likeness (QED) is 0.722. The van der Waals surface area contributed by atoms with Gasteiger partial charge in [-0.3, -0.25) is 9.59 Å². The Hall–Kier alpha value is -2.62. The van der Waals surface area contributed by atoms with Gasteiger partial charge in [-0.05, 0) is 67.3 Å². The van der Waals surface area contributed by atoms with E-state index in [4.69, 9.17) is 0 Å². The largest absolute Gasteiger partial charge is 0.339 e. The second kappa shape index (κ2) is 9.46. The summed E-state index contributed by atoms with van der Waals surface area (Å²) in [7, 11) is 0. The first-order chi connectivity index (χ1) is 14.7. The lowest BCUT2D eigenvalue weighted by Crippen LogP contribution is -2.49. The van der Waals surface area contributed by atoms with Crippen LogP contribution < -0.4 is 0 Å². The fraction of sp³-hybridized carbons (Fsp3) is 0.462. The second-order valence-electron chi connectivity index (χ2n) is 8.61. The van der Waals surface area contributed by atoms with Crippen molar-refractivity contribution in [2.75, 3.05) is 19.6 Å². The van der Waals surface area contributed by atoms with E-state index in [1.54, 1.807) is 0 Å². The highest BCUT2D eigenvalue weighted by molar-refractivity contribution is 5.94. The van der Waals surface area contributed by atoms with Crippen molar-refractivity contribution in [1.82, 2.24) is 9.80 Å². The van der Waals surface area contributed by atoms with Gasteiger partial charge in [0, 0.05) is 31.2 Å². The molecule has 2 amide bonds. The minimum atomic E-state index is 0.0977. The van der Waals surface area contributed by atoms with Gasteiger partial charge < -0.3 is 9.80 Å². The molecule has 0 unspecified atom stereocenters. The topological polar surface area (TPSA) is 40.6 Å². The first-order valence-corrected chi connectivity index (χ1v) is 11.4. The van der Waals surface area contributed by atoms with Gasteiger partial charge in [0.05, 0.1) is 6.42 Å². The zero-order valence-electron chi connectivity index (χ0n) is 18.0. The van der Waals surface area contributed by atoms with Crippen LogP contribution in [0.4, 0.5) is 0 Å². The maximum atomic E-state index is 13.2. The molecule has 1 heterocycles. The minimum Gasteiger partial charge on any atom is -0.339 e. The van der Waals surface area contributed by atoms with Crippen molar-refractivity contribution in [3.8, 4) is 0 Å². The lowest BCUT2D eigenvalue weighted by molar-refractivity contribution is -0.133. The van der Waals surface area contributed by atoms with E-state index in [9.17, 15) is 9.59 Å². The molecule has 0 bridgehead atoms. The molecule has 1 aliphatic heterocycles. The van der Waals surface area contributed by atoms with E-state index in [0.29, 0.717) is 19.5 Å². The van der Waals surface area contributed by atoms with Gasteiger partial charge in [-0.2, -0.15) is 0 Å². The molecule has 0 radical (unpaired) electrons. The lowest BCUT2D eigenvalue weighted by atomic mass is 9.99. The highest BCUT2D eigenvalue weighted by Gasteiger charge is 2.29. The molecule has 1 saturated heterocycles. The average Bonchev–Trinajstić information content (AvgIpc) is 3.25. The molecule has 0 atom stereocenters. The summed E-state index contributed by atoms with van der Waals surface area (Å²) in [6.45, 7) is 4.35. The summed E-state index contributed by atoms with van der Waals surface area (Å²) in [4.78, 5) is 29.9. The predicted octanol–water partition coefficient (Wildman–Crippen LogP) is 4.26. The van der Waals surface area contributed by atoms with Crippen LogP contribution >= 0.6 is 0 Å². The molecule has 2 aromatic carbocycles. The zero-order chi connectivity index (χ0) is 20.9. The van der Waals surface area contributed by atoms with Crippen molar-refractivity contribution in [3.05, 3.63) is 70.8 Å². The van der Waals surface area contributed by atoms with Gasteiger partial charge in [-0.15, -0.1) is 0 Å². The Balaban J connectivity index is 1.37. The molecule has 4 rings (SSSR count). The summed E-state index contributed by atoms with van der Waals surface area (Å²) in [5.74, 6) is 0.322. The number of rotatable bonds is 6. The molecule has 4 nitrogen and oxygen atoms in total. The minimum absolute atomic E-state index is 0.0977. The summed E-state index contributed by atoms with van der Waals surface area (Å²) < 4.78 is 0. The van der Waals surface area contributed by atoms with Crippen LogP contribution in [0.3, 0.4) is 0 Å². The van der Waals surface area contributed by atoms with Crippen LogP contribution in [-0.4, -0.2) is 47.3 Å². The fourth-order valence-electron chi connectivity index (χ4n) is 4.91. The number of benzene rings is 2. The SMILES string of the molecule is CCCN(C(=O)Cc1ccc2c(c1)CCC2)C1CCN(C(=O)c2ccccc2)CC1. The highest BCUT2D eigenvalue weighted by atomic mass is 16.2. The molecule has 1 aliphatic carbocycles. The number of carbonyl (C=O) groups excluding carboxylic acids is 2. The van der Waals surface area contributed by atoms with Crippen LogP contribution in [0.25, 0.3) is 0 Å². The van der Waals surface area contributed by atoms with Crippen molar-refractivity contribution in [1.29, 1.82) is 0 Å². The Kier molecular flexibility index (Phi) is 6.51. The molecule has 1 fully saturated rings. The van der Waals surface area contributed by atoms with Crippen LogP contribution in [-0.2, 0) is 24.1 Å². The molecular formula is C26H32N2O2. The van der Waals surface area contributed by atoms with E-state index < -0.39 is 0 Å². The van der Waals surface area contributed by atoms with Crippen molar-refractivity contribution in [3.63, 3.8) is 0 Å². The third kappa shape index (κ3) is 4.58. The van der Waals surface area contributed by atoms with Crippen molar-refractivity contribution in [2.24, 2.45) is 0 Å². The summed E-state index contributed by atoms with van der Waals surface area (Å²) >= 11 is 0. The van der Waals surface area contributed by atoms with Crippen LogP contribution in [0.5, 0.6) is 0 Å². The first-order valence-electron chi connectivity index (χ1n) is 11.4. The fourth-order valence-corrected chi connectivity index (χ4v) is 4.91. The van der Waals surface area contributed by atoms with E-state index in [1.165, 1.54) is 24.0 Å². The Morgan fingerprint density at radius 2 is 1.73 bits per heavy atom. The Morgan fingerprint density at radius 3 is 2.47 bits per heavy atom. The van der Waals surface area contributed by atoms with Gasteiger partial charge in [-0.1, -0.05) is 43.3 Å². The van der Waals surface area contributed by atoms with Crippen LogP contribution in [0, 0.1) is 0 Å². The number of aryl methyl sites for hydroxylation is 2. The number of amides is 2. The van der Waals surface area contributed by atoms with Crippen molar-refractivity contribution >= 4 is 11.8 Å². The van der Waals surface area contributed by atoms with Crippen molar-refractivity contribution < 1.29 is 9.59 Å². The van der Waals surface area contributed by atoms with E-state index in [2.05, 4.69) is 30.0 Å². The summed E-state index contributed by atoms with van der Waals surface area (Å²) in [5.41, 5.74) is 4.76. The molecular weight excluding hydrogens is 372 g/mol. The molecule has 0 aromatic heterocycles. The number of hydrogen-bond donors (Lipinski definition) is 0. The van der Waals surface area contributed by atoms with E-state index in [0.717, 1.165) is 43.4 Å². The van der Waals surface area contributed by atoms with Crippen LogP contribution in [0.15, 0.2) is 48.5 Å². The van der Waals surface area contributed by atoms with Crippen LogP contribution in [0.2, 0.25) is 0 Å². The van der Waals surface area contributed by atoms with Crippen LogP contribution in [0.1, 0.15) is 59.7 Å². The maximum Gasteiger partial charge on any atom is 0.253 e. The Labute approximate surface area is 179 Å². The maximum absolute atomic E-state index is 13.2. The molecule has 30 heavy (non-hydrogen) atoms. The number of carbonyl (C=O) groups is 2. The third-order valence-electron chi connectivity index (χ3n) is 6.52. The first kappa shape index (κ1) is 20.6. The van der Waals surface area contributed by atoms with Gasteiger partial charge in [0.25, 0.3) is 5.91 Å². The number of likely N-dealkylation sites (tertiary alicyclic amines) is 1. The zero-order valence-corrected chi connectivity index (χ0v) is 18.0. The number of hydrogen-bond acceptors (Lipinski definition) is 2. The van der Waals surface area contributed by atoms with Gasteiger partial charge in [0.1, 0.15) is 0 Å². The lowest BCUT2D eigenvalue weighted by Gasteiger charge is -2.38. The van der Waals surface area contributed by atoms with Crippen molar-refractivity contribution in [2.45, 2.75) is 57.9 Å². The number of fused-ring (bicyclic) bond motifs is 1. The molecule has 0 spiro atoms. The number of nitrogens with zero attached hydrogens (tertiary/aromatic N) is 2. The predicted molar refractivity (Wildman–Crippen MR) is 120 cm³/mol. The van der Waals surface area contributed by atoms with E-state index >= 15 is 0 Å². The molecule has 158 valence electrons. The molecule has 2 aliphatic rings. The Morgan fingerprint density at radius 1 is 1.00 bits per heavy atom. The van der Waals surface area contributed by atoms with Gasteiger partial charge in [-0.25, -0.2) is 0 Å². The monoisotopic (exact) mass is 404 g/mol. The summed E-state index contributed by atoms with van der Waals surface area (Å²) in [6, 6.07) is 16.3. The third-order valence-corrected chi connectivity index (χ3v) is 6.52. The average molecular weight is 405 g/mol. The molecule has 2 aromatic rings. The summed E-state index contributed by atoms with van der Waals surface area (Å²) in [6.07, 6.45) is 6.70. The molecule has 0 saturated carbocycles. The van der Waals surface area contributed by atoms with E-state index in [1.807, 2.05) is 35.2 Å². The number of piperidine rings is 1. The standard InChI is InChI=1S/C26H32N2O2/c1-2-15-28(25(29)19-20-11-12-21-9-6-10-23(21)18-20)24-13-16-27(17-14-24)26(30)22-7-4-3-5-8-22/h3-5,7-8,11-12,18,24H,2,6,9-10,13-17,19H2,1H3. The van der Waals surface area contributed by atoms with Gasteiger partial charge >= 0.3 is 0 Å². The molecule has 0 N–H and O–H groups in total. The normalized spacial score (nSPS) is 16.4. The van der Waals surface area contributed by atoms with Gasteiger partial charge in [0.2, 0.25) is 5.91 Å². The van der Waals surface area contributed by atoms with Gasteiger partial charge in [0.15, 0.2) is 0 Å². The smallest absolute Gasteiger partial charge is 0.253 e. The highest BCUT2D eigenvalue weighted by Crippen LogP contribution is 2.24.